The Morgan fingerprint density at radius 1 is 1.16 bits per heavy atom. The SMILES string of the molecule is COC[C@@]1(O)CC[C@@H]2C3CC[C@@]4(C)C(CC[C@@H]4C(=O)CN4C=C=NC=C4)C3CC[C@@H]2C1. The Kier molecular flexibility index (Phi) is 5.65. The van der Waals surface area contributed by atoms with Gasteiger partial charge in [-0.05, 0) is 92.8 Å². The Balaban J connectivity index is 1.28. The third-order valence-electron chi connectivity index (χ3n) is 9.87. The second-order valence-electron chi connectivity index (χ2n) is 11.3. The first-order valence-corrected chi connectivity index (χ1v) is 12.4. The molecule has 0 radical (unpaired) electrons. The van der Waals surface area contributed by atoms with E-state index >= 15 is 0 Å². The summed E-state index contributed by atoms with van der Waals surface area (Å²) >= 11 is 0. The molecule has 31 heavy (non-hydrogen) atoms. The highest BCUT2D eigenvalue weighted by Gasteiger charge is 2.59. The molecule has 0 aromatic carbocycles. The van der Waals surface area contributed by atoms with Gasteiger partial charge in [-0.25, -0.2) is 4.99 Å². The largest absolute Gasteiger partial charge is 0.387 e. The number of hydrogen-bond donors (Lipinski definition) is 1. The molecule has 3 unspecified atom stereocenters. The lowest BCUT2D eigenvalue weighted by Crippen LogP contribution is -2.52. The fourth-order valence-corrected chi connectivity index (χ4v) is 8.59. The summed E-state index contributed by atoms with van der Waals surface area (Å²) in [4.78, 5) is 19.2. The van der Waals surface area contributed by atoms with Gasteiger partial charge in [0.2, 0.25) is 0 Å². The van der Waals surface area contributed by atoms with Crippen LogP contribution in [0.15, 0.2) is 23.6 Å². The van der Waals surface area contributed by atoms with Gasteiger partial charge in [0.15, 0.2) is 5.78 Å². The highest BCUT2D eigenvalue weighted by molar-refractivity contribution is 5.84. The van der Waals surface area contributed by atoms with Crippen molar-refractivity contribution >= 4 is 11.7 Å². The maximum atomic E-state index is 13.3. The van der Waals surface area contributed by atoms with Gasteiger partial charge in [0.05, 0.1) is 31.2 Å². The predicted octanol–water partition coefficient (Wildman–Crippen LogP) is 4.17. The molecular weight excluding hydrogens is 388 g/mol. The first kappa shape index (κ1) is 21.4. The van der Waals surface area contributed by atoms with Crippen LogP contribution in [0.3, 0.4) is 0 Å². The average Bonchev–Trinajstić information content (AvgIpc) is 3.11. The van der Waals surface area contributed by atoms with Gasteiger partial charge >= 0.3 is 0 Å². The van der Waals surface area contributed by atoms with Crippen LogP contribution in [0.1, 0.15) is 64.7 Å². The van der Waals surface area contributed by atoms with Crippen LogP contribution >= 0.6 is 0 Å². The number of carbonyl (C=O) groups is 1. The third kappa shape index (κ3) is 3.73. The van der Waals surface area contributed by atoms with E-state index in [1.54, 1.807) is 19.5 Å². The molecule has 0 amide bonds. The van der Waals surface area contributed by atoms with Crippen molar-refractivity contribution in [1.29, 1.82) is 0 Å². The van der Waals surface area contributed by atoms with Crippen LogP contribution in [0.4, 0.5) is 0 Å². The lowest BCUT2D eigenvalue weighted by atomic mass is 9.49. The third-order valence-corrected chi connectivity index (χ3v) is 9.87. The molecule has 4 saturated carbocycles. The van der Waals surface area contributed by atoms with E-state index in [1.165, 1.54) is 32.1 Å². The molecule has 170 valence electrons. The molecule has 0 spiro atoms. The highest BCUT2D eigenvalue weighted by Crippen LogP contribution is 2.64. The maximum Gasteiger partial charge on any atom is 0.156 e. The number of ether oxygens (including phenoxy) is 1. The molecule has 0 aromatic heterocycles. The molecule has 5 nitrogen and oxygen atoms in total. The van der Waals surface area contributed by atoms with Gasteiger partial charge in [-0.2, -0.15) is 0 Å². The van der Waals surface area contributed by atoms with E-state index < -0.39 is 5.60 Å². The number of ketones is 1. The molecule has 4 fully saturated rings. The number of aliphatic hydroxyl groups is 1. The Labute approximate surface area is 186 Å². The normalized spacial score (nSPS) is 45.8. The van der Waals surface area contributed by atoms with Crippen molar-refractivity contribution in [2.75, 3.05) is 20.3 Å². The van der Waals surface area contributed by atoms with E-state index in [4.69, 9.17) is 4.74 Å². The van der Waals surface area contributed by atoms with Crippen LogP contribution in [-0.2, 0) is 9.53 Å². The second-order valence-corrected chi connectivity index (χ2v) is 11.3. The van der Waals surface area contributed by atoms with E-state index in [1.807, 2.05) is 11.1 Å². The molecule has 0 aromatic rings. The highest BCUT2D eigenvalue weighted by atomic mass is 16.5. The predicted molar refractivity (Wildman–Crippen MR) is 120 cm³/mol. The molecule has 5 heteroatoms. The Morgan fingerprint density at radius 2 is 2.00 bits per heavy atom. The summed E-state index contributed by atoms with van der Waals surface area (Å²) in [6.07, 6.45) is 15.5. The van der Waals surface area contributed by atoms with Gasteiger partial charge in [0, 0.05) is 25.1 Å². The number of nitrogens with zero attached hydrogens (tertiary/aromatic N) is 2. The molecular formula is C26H38N2O3. The minimum atomic E-state index is -0.612. The van der Waals surface area contributed by atoms with E-state index in [0.717, 1.165) is 43.4 Å². The van der Waals surface area contributed by atoms with E-state index in [-0.39, 0.29) is 11.3 Å². The van der Waals surface area contributed by atoms with Gasteiger partial charge < -0.3 is 14.7 Å². The van der Waals surface area contributed by atoms with E-state index in [0.29, 0.717) is 30.8 Å². The number of fused-ring (bicyclic) bond motifs is 5. The van der Waals surface area contributed by atoms with Crippen LogP contribution < -0.4 is 0 Å². The molecule has 5 aliphatic rings. The first-order chi connectivity index (χ1) is 14.9. The number of methoxy groups -OCH3 is 1. The number of rotatable bonds is 5. The van der Waals surface area contributed by atoms with Crippen molar-refractivity contribution in [3.8, 4) is 0 Å². The summed E-state index contributed by atoms with van der Waals surface area (Å²) in [5.74, 6) is 7.09. The lowest BCUT2D eigenvalue weighted by molar-refractivity contribution is -0.136. The lowest BCUT2D eigenvalue weighted by Gasteiger charge is -2.57. The number of hydrogen-bond acceptors (Lipinski definition) is 5. The Bertz CT molecular complexity index is 802. The van der Waals surface area contributed by atoms with Gasteiger partial charge in [-0.15, -0.1) is 0 Å². The summed E-state index contributed by atoms with van der Waals surface area (Å²) < 4.78 is 5.33. The number of aliphatic imine (C=N–C) groups is 1. The van der Waals surface area contributed by atoms with E-state index in [2.05, 4.69) is 17.8 Å². The Hall–Kier alpha value is -1.42. The van der Waals surface area contributed by atoms with Gasteiger partial charge in [0.1, 0.15) is 0 Å². The molecule has 8 atom stereocenters. The number of Topliss-reactive ketones (excluding diaryl/α,β-unsaturated/α-hetero) is 1. The summed E-state index contributed by atoms with van der Waals surface area (Å²) in [7, 11) is 1.70. The minimum absolute atomic E-state index is 0.161. The summed E-state index contributed by atoms with van der Waals surface area (Å²) in [5.41, 5.74) is -0.452. The molecule has 4 aliphatic carbocycles. The van der Waals surface area contributed by atoms with E-state index in [9.17, 15) is 9.90 Å². The summed E-state index contributed by atoms with van der Waals surface area (Å²) in [5, 5.41) is 10.9. The topological polar surface area (TPSA) is 62.1 Å². The average molecular weight is 427 g/mol. The quantitative estimate of drug-likeness (QED) is 0.717. The molecule has 1 aliphatic heterocycles. The zero-order valence-corrected chi connectivity index (χ0v) is 19.1. The fourth-order valence-electron chi connectivity index (χ4n) is 8.59. The van der Waals surface area contributed by atoms with Gasteiger partial charge in [0.25, 0.3) is 0 Å². The zero-order chi connectivity index (χ0) is 21.6. The van der Waals surface area contributed by atoms with Crippen molar-refractivity contribution in [3.05, 3.63) is 18.6 Å². The molecule has 1 heterocycles. The summed E-state index contributed by atoms with van der Waals surface area (Å²) in [6.45, 7) is 3.35. The van der Waals surface area contributed by atoms with Crippen LogP contribution in [-0.4, -0.2) is 47.5 Å². The molecule has 1 N–H and O–H groups in total. The molecule has 0 saturated heterocycles. The standard InChI is InChI=1S/C26H38N2O3/c1-25-9-7-20-19-8-10-26(30,17-31-2)15-18(19)3-4-21(20)22(25)5-6-23(25)24(29)16-28-13-11-27-12-14-28/h11,13-14,18-23,30H,3-10,15-17H2,1-2H3/t18-,19+,20?,21?,22?,23-,25+,26-/m1/s1. The Morgan fingerprint density at radius 3 is 2.77 bits per heavy atom. The van der Waals surface area contributed by atoms with Crippen molar-refractivity contribution in [2.24, 2.45) is 45.9 Å². The molecule has 0 bridgehead atoms. The van der Waals surface area contributed by atoms with Gasteiger partial charge in [-0.1, -0.05) is 6.92 Å². The van der Waals surface area contributed by atoms with Crippen LogP contribution in [0, 0.1) is 40.9 Å². The van der Waals surface area contributed by atoms with Crippen LogP contribution in [0.5, 0.6) is 0 Å². The minimum Gasteiger partial charge on any atom is -0.387 e. The van der Waals surface area contributed by atoms with Crippen molar-refractivity contribution in [2.45, 2.75) is 70.3 Å². The fraction of sp³-hybridized carbons (Fsp3) is 0.808. The monoisotopic (exact) mass is 426 g/mol. The van der Waals surface area contributed by atoms with Crippen molar-refractivity contribution in [3.63, 3.8) is 0 Å². The number of carbonyl (C=O) groups excluding carboxylic acids is 1. The van der Waals surface area contributed by atoms with Crippen LogP contribution in [0.25, 0.3) is 0 Å². The van der Waals surface area contributed by atoms with Crippen molar-refractivity contribution in [1.82, 2.24) is 4.90 Å². The smallest absolute Gasteiger partial charge is 0.156 e. The van der Waals surface area contributed by atoms with Gasteiger partial charge in [-0.3, -0.25) is 4.79 Å². The van der Waals surface area contributed by atoms with Crippen LogP contribution in [0.2, 0.25) is 0 Å². The zero-order valence-electron chi connectivity index (χ0n) is 19.1. The first-order valence-electron chi connectivity index (χ1n) is 12.4. The van der Waals surface area contributed by atoms with Crippen molar-refractivity contribution < 1.29 is 14.6 Å². The second kappa shape index (κ2) is 8.17. The summed E-state index contributed by atoms with van der Waals surface area (Å²) in [6, 6.07) is 0. The molecule has 5 rings (SSSR count). The maximum absolute atomic E-state index is 13.3.